The Labute approximate surface area is 185 Å². The maximum absolute atomic E-state index is 14.6. The molecule has 4 rings (SSSR count). The molecule has 1 aliphatic carbocycles. The fourth-order valence-electron chi connectivity index (χ4n) is 3.01. The molecule has 1 fully saturated rings. The Morgan fingerprint density at radius 3 is 2.43 bits per heavy atom. The van der Waals surface area contributed by atoms with Gasteiger partial charge in [-0.1, -0.05) is 41.1 Å². The minimum absolute atomic E-state index is 0.0311. The number of aromatic nitrogens is 2. The molecule has 0 amide bonds. The molecule has 1 unspecified atom stereocenters. The van der Waals surface area contributed by atoms with Crippen LogP contribution in [0.15, 0.2) is 41.8 Å². The Morgan fingerprint density at radius 1 is 1.17 bits per heavy atom. The Kier molecular flexibility index (Phi) is 5.52. The molecular weight excluding hydrogens is 454 g/mol. The van der Waals surface area contributed by atoms with Gasteiger partial charge < -0.3 is 5.32 Å². The molecule has 30 heavy (non-hydrogen) atoms. The predicted octanol–water partition coefficient (Wildman–Crippen LogP) is 6.74. The van der Waals surface area contributed by atoms with Crippen LogP contribution in [0, 0.1) is 17.8 Å². The Bertz CT molecular complexity index is 1100. The van der Waals surface area contributed by atoms with Gasteiger partial charge in [0.15, 0.2) is 0 Å². The number of hydrogen-bond acceptors (Lipinski definition) is 3. The standard InChI is InChI=1S/C21H16Cl2F3N3S/c1-29-19(12-17(28-29)18-3-2-8-30-18)27-20(21(24,25)26,7-6-13-4-5-13)14-9-15(22)11-16(23)10-14/h2-3,8-13,27H,4-5H2,1H3. The molecule has 0 spiro atoms. The SMILES string of the molecule is Cn1nc(-c2cccs2)cc1NC(C#CC1CC1)(c1cc(Cl)cc(Cl)c1)C(F)(F)F. The van der Waals surface area contributed by atoms with Gasteiger partial charge in [-0.2, -0.15) is 18.3 Å². The summed E-state index contributed by atoms with van der Waals surface area (Å²) in [6.45, 7) is 0. The van der Waals surface area contributed by atoms with Gasteiger partial charge in [-0.25, -0.2) is 0 Å². The van der Waals surface area contributed by atoms with Crippen molar-refractivity contribution in [1.82, 2.24) is 9.78 Å². The van der Waals surface area contributed by atoms with Gasteiger partial charge >= 0.3 is 6.18 Å². The summed E-state index contributed by atoms with van der Waals surface area (Å²) in [4.78, 5) is 0.853. The highest BCUT2D eigenvalue weighted by atomic mass is 35.5. The quantitative estimate of drug-likeness (QED) is 0.428. The van der Waals surface area contributed by atoms with Gasteiger partial charge in [0.2, 0.25) is 5.54 Å². The van der Waals surface area contributed by atoms with Gasteiger partial charge in [-0.3, -0.25) is 4.68 Å². The molecule has 1 aromatic carbocycles. The number of hydrogen-bond donors (Lipinski definition) is 1. The van der Waals surface area contributed by atoms with E-state index in [1.54, 1.807) is 13.1 Å². The minimum Gasteiger partial charge on any atom is -0.343 e. The van der Waals surface area contributed by atoms with Gasteiger partial charge in [-0.15, -0.1) is 11.3 Å². The van der Waals surface area contributed by atoms with Crippen molar-refractivity contribution in [1.29, 1.82) is 0 Å². The molecule has 1 saturated carbocycles. The normalized spacial score (nSPS) is 15.9. The van der Waals surface area contributed by atoms with Crippen LogP contribution < -0.4 is 5.32 Å². The second-order valence-corrected chi connectivity index (χ2v) is 8.91. The van der Waals surface area contributed by atoms with Crippen LogP contribution in [0.2, 0.25) is 10.0 Å². The van der Waals surface area contributed by atoms with E-state index in [9.17, 15) is 13.2 Å². The second-order valence-electron chi connectivity index (χ2n) is 7.09. The van der Waals surface area contributed by atoms with E-state index in [2.05, 4.69) is 22.3 Å². The number of thiophene rings is 1. The van der Waals surface area contributed by atoms with Gasteiger partial charge in [0.25, 0.3) is 0 Å². The number of halogens is 5. The monoisotopic (exact) mass is 469 g/mol. The first-order valence-electron chi connectivity index (χ1n) is 9.10. The Balaban J connectivity index is 1.86. The number of aryl methyl sites for hydroxylation is 1. The summed E-state index contributed by atoms with van der Waals surface area (Å²) in [6, 6.07) is 9.17. The van der Waals surface area contributed by atoms with Crippen molar-refractivity contribution in [3.8, 4) is 22.4 Å². The third-order valence-corrected chi connectivity index (χ3v) is 6.06. The third kappa shape index (κ3) is 4.18. The van der Waals surface area contributed by atoms with Crippen LogP contribution in [0.25, 0.3) is 10.6 Å². The minimum atomic E-state index is -4.75. The summed E-state index contributed by atoms with van der Waals surface area (Å²) in [7, 11) is 1.58. The van der Waals surface area contributed by atoms with E-state index in [1.807, 2.05) is 17.5 Å². The van der Waals surface area contributed by atoms with Gasteiger partial charge in [-0.05, 0) is 42.5 Å². The van der Waals surface area contributed by atoms with Crippen LogP contribution in [-0.2, 0) is 12.6 Å². The molecule has 1 aliphatic rings. The molecule has 156 valence electrons. The number of nitrogens with zero attached hydrogens (tertiary/aromatic N) is 2. The first-order chi connectivity index (χ1) is 14.2. The van der Waals surface area contributed by atoms with Gasteiger partial charge in [0, 0.05) is 34.6 Å². The van der Waals surface area contributed by atoms with Crippen molar-refractivity contribution in [2.24, 2.45) is 13.0 Å². The summed E-state index contributed by atoms with van der Waals surface area (Å²) in [6.07, 6.45) is -3.16. The maximum atomic E-state index is 14.6. The van der Waals surface area contributed by atoms with Crippen molar-refractivity contribution in [3.05, 3.63) is 57.4 Å². The van der Waals surface area contributed by atoms with E-state index in [0.29, 0.717) is 5.69 Å². The molecule has 0 saturated heterocycles. The summed E-state index contributed by atoms with van der Waals surface area (Å²) in [5, 5.41) is 9.06. The predicted molar refractivity (Wildman–Crippen MR) is 115 cm³/mol. The van der Waals surface area contributed by atoms with Crippen LogP contribution in [0.5, 0.6) is 0 Å². The summed E-state index contributed by atoms with van der Waals surface area (Å²) in [5.41, 5.74) is -2.28. The summed E-state index contributed by atoms with van der Waals surface area (Å²) in [5.74, 6) is 5.40. The molecule has 0 bridgehead atoms. The molecule has 3 aromatic rings. The van der Waals surface area contributed by atoms with Crippen molar-refractivity contribution in [2.75, 3.05) is 5.32 Å². The van der Waals surface area contributed by atoms with Crippen LogP contribution >= 0.6 is 34.5 Å². The third-order valence-electron chi connectivity index (χ3n) is 4.73. The van der Waals surface area contributed by atoms with Crippen LogP contribution in [-0.4, -0.2) is 16.0 Å². The fraction of sp³-hybridized carbons (Fsp3) is 0.286. The summed E-state index contributed by atoms with van der Waals surface area (Å²) < 4.78 is 45.2. The van der Waals surface area contributed by atoms with E-state index in [4.69, 9.17) is 23.2 Å². The highest BCUT2D eigenvalue weighted by Crippen LogP contribution is 2.44. The molecule has 1 N–H and O–H groups in total. The molecule has 2 aromatic heterocycles. The zero-order valence-corrected chi connectivity index (χ0v) is 18.1. The van der Waals surface area contributed by atoms with Crippen molar-refractivity contribution in [3.63, 3.8) is 0 Å². The molecule has 3 nitrogen and oxygen atoms in total. The van der Waals surface area contributed by atoms with Crippen molar-refractivity contribution >= 4 is 40.4 Å². The average molecular weight is 470 g/mol. The zero-order valence-electron chi connectivity index (χ0n) is 15.7. The van der Waals surface area contributed by atoms with Gasteiger partial charge in [0.05, 0.1) is 4.88 Å². The maximum Gasteiger partial charge on any atom is 0.427 e. The summed E-state index contributed by atoms with van der Waals surface area (Å²) >= 11 is 13.5. The smallest absolute Gasteiger partial charge is 0.343 e. The lowest BCUT2D eigenvalue weighted by Gasteiger charge is -2.33. The molecule has 0 radical (unpaired) electrons. The number of nitrogens with one attached hydrogen (secondary N) is 1. The second kappa shape index (κ2) is 7.84. The van der Waals surface area contributed by atoms with E-state index >= 15 is 0 Å². The molecule has 1 atom stereocenters. The lowest BCUT2D eigenvalue weighted by Crippen LogP contribution is -2.48. The number of anilines is 1. The van der Waals surface area contributed by atoms with Gasteiger partial charge in [0.1, 0.15) is 11.5 Å². The molecule has 2 heterocycles. The van der Waals surface area contributed by atoms with Crippen LogP contribution in [0.1, 0.15) is 18.4 Å². The highest BCUT2D eigenvalue weighted by Gasteiger charge is 2.56. The number of alkyl halides is 3. The molecule has 9 heteroatoms. The first kappa shape index (κ1) is 21.1. The lowest BCUT2D eigenvalue weighted by molar-refractivity contribution is -0.165. The zero-order chi connectivity index (χ0) is 21.5. The number of benzene rings is 1. The van der Waals surface area contributed by atoms with Crippen LogP contribution in [0.4, 0.5) is 19.0 Å². The van der Waals surface area contributed by atoms with Crippen LogP contribution in [0.3, 0.4) is 0 Å². The Hall–Kier alpha value is -2.14. The van der Waals surface area contributed by atoms with E-state index < -0.39 is 11.7 Å². The van der Waals surface area contributed by atoms with E-state index in [-0.39, 0.29) is 27.3 Å². The topological polar surface area (TPSA) is 29.9 Å². The lowest BCUT2D eigenvalue weighted by atomic mass is 9.89. The average Bonchev–Trinajstić information content (AvgIpc) is 3.17. The molecular formula is C21H16Cl2F3N3S. The number of rotatable bonds is 4. The van der Waals surface area contributed by atoms with Crippen molar-refractivity contribution in [2.45, 2.75) is 24.6 Å². The fourth-order valence-corrected chi connectivity index (χ4v) is 4.22. The van der Waals surface area contributed by atoms with E-state index in [1.165, 1.54) is 34.2 Å². The molecule has 0 aliphatic heterocycles. The largest absolute Gasteiger partial charge is 0.427 e. The van der Waals surface area contributed by atoms with E-state index in [0.717, 1.165) is 17.7 Å². The Morgan fingerprint density at radius 2 is 1.87 bits per heavy atom. The van der Waals surface area contributed by atoms with Crippen molar-refractivity contribution < 1.29 is 13.2 Å². The highest BCUT2D eigenvalue weighted by molar-refractivity contribution is 7.13. The first-order valence-corrected chi connectivity index (χ1v) is 10.7.